The summed E-state index contributed by atoms with van der Waals surface area (Å²) in [5.41, 5.74) is 1.65. The van der Waals surface area contributed by atoms with Gasteiger partial charge < -0.3 is 15.0 Å². The van der Waals surface area contributed by atoms with E-state index < -0.39 is 0 Å². The molecular formula is C23H24N4O2. The lowest BCUT2D eigenvalue weighted by molar-refractivity contribution is 0.571. The smallest absolute Gasteiger partial charge is 0.272 e. The zero-order valence-corrected chi connectivity index (χ0v) is 16.7. The first kappa shape index (κ1) is 18.9. The van der Waals surface area contributed by atoms with Crippen molar-refractivity contribution in [3.63, 3.8) is 0 Å². The van der Waals surface area contributed by atoms with E-state index in [1.54, 1.807) is 18.5 Å². The molecule has 0 saturated carbocycles. The molecule has 0 aromatic carbocycles. The summed E-state index contributed by atoms with van der Waals surface area (Å²) in [5.74, 6) is 0.433. The molecule has 0 fully saturated rings. The number of aromatic nitrogens is 4. The zero-order chi connectivity index (χ0) is 20.6. The van der Waals surface area contributed by atoms with Crippen LogP contribution < -0.4 is 21.8 Å². The average molecular weight is 388 g/mol. The van der Waals surface area contributed by atoms with Crippen LogP contribution in [0.15, 0.2) is 64.0 Å². The van der Waals surface area contributed by atoms with Crippen LogP contribution in [-0.4, -0.2) is 19.9 Å². The molecule has 0 spiro atoms. The topological polar surface area (TPSA) is 94.4 Å². The standard InChI is InChI=1S/C23H24N4O2/c1-23(2,3)20-17(24-13-25-20)12-19-22(29)26-18(21(28)27-19)11-15-9-6-8-14-7-4-5-10-16(14)15/h4-14,16H,1-3H3,(H,24,25)(H,26,29)(H,27,28)/b18-11-,19-12-. The maximum absolute atomic E-state index is 12.7. The molecule has 0 aliphatic heterocycles. The van der Waals surface area contributed by atoms with Crippen molar-refractivity contribution >= 4 is 12.2 Å². The van der Waals surface area contributed by atoms with Crippen LogP contribution in [-0.2, 0) is 5.41 Å². The van der Waals surface area contributed by atoms with E-state index in [1.165, 1.54) is 0 Å². The fraction of sp³-hybridized carbons (Fsp3) is 0.261. The molecule has 2 heterocycles. The maximum atomic E-state index is 12.7. The predicted molar refractivity (Wildman–Crippen MR) is 115 cm³/mol. The van der Waals surface area contributed by atoms with Crippen LogP contribution in [0.5, 0.6) is 0 Å². The molecule has 0 radical (unpaired) electrons. The molecule has 2 aromatic rings. The van der Waals surface area contributed by atoms with Gasteiger partial charge in [0.25, 0.3) is 11.1 Å². The third-order valence-electron chi connectivity index (χ3n) is 5.18. The molecule has 6 nitrogen and oxygen atoms in total. The van der Waals surface area contributed by atoms with Gasteiger partial charge in [0.2, 0.25) is 0 Å². The monoisotopic (exact) mass is 388 g/mol. The number of nitrogens with one attached hydrogen (secondary N) is 3. The van der Waals surface area contributed by atoms with Gasteiger partial charge in [0.05, 0.1) is 12.0 Å². The minimum atomic E-state index is -0.360. The molecule has 2 aromatic heterocycles. The number of hydrogen-bond donors (Lipinski definition) is 3. The van der Waals surface area contributed by atoms with Crippen LogP contribution in [0.3, 0.4) is 0 Å². The van der Waals surface area contributed by atoms with Gasteiger partial charge >= 0.3 is 0 Å². The Bertz CT molecular complexity index is 1290. The van der Waals surface area contributed by atoms with Crippen molar-refractivity contribution in [3.05, 3.63) is 97.2 Å². The molecular weight excluding hydrogens is 364 g/mol. The van der Waals surface area contributed by atoms with Gasteiger partial charge in [-0.15, -0.1) is 0 Å². The minimum Gasteiger partial charge on any atom is -0.348 e. The van der Waals surface area contributed by atoms with E-state index in [0.29, 0.717) is 5.69 Å². The molecule has 29 heavy (non-hydrogen) atoms. The Kier molecular flexibility index (Phi) is 4.70. The normalized spacial score (nSPS) is 22.1. The van der Waals surface area contributed by atoms with E-state index in [9.17, 15) is 9.59 Å². The van der Waals surface area contributed by atoms with E-state index in [4.69, 9.17) is 0 Å². The lowest BCUT2D eigenvalue weighted by atomic mass is 9.79. The van der Waals surface area contributed by atoms with Crippen molar-refractivity contribution in [2.24, 2.45) is 11.8 Å². The first-order valence-corrected chi connectivity index (χ1v) is 9.66. The summed E-state index contributed by atoms with van der Waals surface area (Å²) in [6.45, 7) is 6.16. The number of fused-ring (bicyclic) bond motifs is 1. The summed E-state index contributed by atoms with van der Waals surface area (Å²) in [7, 11) is 0. The first-order valence-electron chi connectivity index (χ1n) is 9.66. The zero-order valence-electron chi connectivity index (χ0n) is 16.7. The van der Waals surface area contributed by atoms with E-state index in [0.717, 1.165) is 11.3 Å². The molecule has 2 aliphatic carbocycles. The van der Waals surface area contributed by atoms with Gasteiger partial charge in [-0.05, 0) is 17.7 Å². The van der Waals surface area contributed by atoms with E-state index in [1.807, 2.05) is 24.3 Å². The number of imidazole rings is 1. The fourth-order valence-electron chi connectivity index (χ4n) is 3.71. The SMILES string of the molecule is CC(C)(C)c1[nH]cnc1/C=c1\[nH]c(=O)/c(=C/C2=CC=CC3C=CC=CC23)[nH]c1=O. The molecule has 2 unspecified atom stereocenters. The molecule has 0 amide bonds. The highest BCUT2D eigenvalue weighted by molar-refractivity contribution is 5.53. The van der Waals surface area contributed by atoms with Crippen LogP contribution in [0.4, 0.5) is 0 Å². The number of nitrogens with zero attached hydrogens (tertiary/aromatic N) is 1. The number of allylic oxidation sites excluding steroid dienone is 8. The Morgan fingerprint density at radius 2 is 1.59 bits per heavy atom. The summed E-state index contributed by atoms with van der Waals surface area (Å²) in [4.78, 5) is 38.1. The summed E-state index contributed by atoms with van der Waals surface area (Å²) in [6, 6.07) is 0. The second-order valence-corrected chi connectivity index (χ2v) is 8.36. The van der Waals surface area contributed by atoms with Crippen molar-refractivity contribution in [1.82, 2.24) is 19.9 Å². The third-order valence-corrected chi connectivity index (χ3v) is 5.18. The molecule has 4 rings (SSSR count). The lowest BCUT2D eigenvalue weighted by Crippen LogP contribution is -2.47. The molecule has 6 heteroatoms. The van der Waals surface area contributed by atoms with Crippen molar-refractivity contribution in [2.75, 3.05) is 0 Å². The van der Waals surface area contributed by atoms with Crippen molar-refractivity contribution in [1.29, 1.82) is 0 Å². The Morgan fingerprint density at radius 3 is 2.31 bits per heavy atom. The van der Waals surface area contributed by atoms with Gasteiger partial charge in [0, 0.05) is 22.9 Å². The minimum absolute atomic E-state index is 0.164. The Hall–Kier alpha value is -3.41. The highest BCUT2D eigenvalue weighted by Crippen LogP contribution is 2.31. The van der Waals surface area contributed by atoms with Gasteiger partial charge in [-0.25, -0.2) is 4.98 Å². The second kappa shape index (κ2) is 7.20. The number of hydrogen-bond acceptors (Lipinski definition) is 3. The third kappa shape index (κ3) is 3.78. The van der Waals surface area contributed by atoms with Crippen molar-refractivity contribution < 1.29 is 0 Å². The Morgan fingerprint density at radius 1 is 0.931 bits per heavy atom. The average Bonchev–Trinajstić information content (AvgIpc) is 3.15. The summed E-state index contributed by atoms with van der Waals surface area (Å²) < 4.78 is 0. The van der Waals surface area contributed by atoms with Gasteiger partial charge in [-0.1, -0.05) is 63.3 Å². The fourth-order valence-corrected chi connectivity index (χ4v) is 3.71. The highest BCUT2D eigenvalue weighted by atomic mass is 16.1. The van der Waals surface area contributed by atoms with E-state index >= 15 is 0 Å². The number of H-pyrrole nitrogens is 3. The van der Waals surface area contributed by atoms with Crippen LogP contribution in [0.2, 0.25) is 0 Å². The molecule has 148 valence electrons. The Labute approximate surface area is 167 Å². The van der Waals surface area contributed by atoms with E-state index in [-0.39, 0.29) is 39.1 Å². The summed E-state index contributed by atoms with van der Waals surface area (Å²) in [5, 5.41) is 0.425. The number of aromatic amines is 3. The van der Waals surface area contributed by atoms with Crippen LogP contribution in [0.25, 0.3) is 12.2 Å². The number of rotatable bonds is 2. The van der Waals surface area contributed by atoms with Gasteiger partial charge in [0.1, 0.15) is 10.7 Å². The van der Waals surface area contributed by atoms with Gasteiger partial charge in [-0.3, -0.25) is 9.59 Å². The van der Waals surface area contributed by atoms with Gasteiger partial charge in [0.15, 0.2) is 0 Å². The summed E-state index contributed by atoms with van der Waals surface area (Å²) >= 11 is 0. The second-order valence-electron chi connectivity index (χ2n) is 8.36. The highest BCUT2D eigenvalue weighted by Gasteiger charge is 2.21. The van der Waals surface area contributed by atoms with Crippen molar-refractivity contribution in [3.8, 4) is 0 Å². The van der Waals surface area contributed by atoms with Crippen molar-refractivity contribution in [2.45, 2.75) is 26.2 Å². The van der Waals surface area contributed by atoms with E-state index in [2.05, 4.69) is 58.9 Å². The largest absolute Gasteiger partial charge is 0.348 e. The lowest BCUT2D eigenvalue weighted by Gasteiger charge is -2.25. The molecule has 2 aliphatic rings. The van der Waals surface area contributed by atoms with Crippen LogP contribution in [0, 0.1) is 11.8 Å². The van der Waals surface area contributed by atoms with Gasteiger partial charge in [-0.2, -0.15) is 0 Å². The molecule has 0 bridgehead atoms. The quantitative estimate of drug-likeness (QED) is 0.729. The first-order chi connectivity index (χ1) is 13.8. The maximum Gasteiger partial charge on any atom is 0.272 e. The summed E-state index contributed by atoms with van der Waals surface area (Å²) in [6.07, 6.45) is 19.3. The molecule has 0 saturated heterocycles. The predicted octanol–water partition coefficient (Wildman–Crippen LogP) is 1.55. The van der Waals surface area contributed by atoms with Crippen LogP contribution in [0.1, 0.15) is 32.2 Å². The molecule has 2 atom stereocenters. The van der Waals surface area contributed by atoms with Crippen LogP contribution >= 0.6 is 0 Å². The Balaban J connectivity index is 1.78. The molecule has 3 N–H and O–H groups in total.